The molecule has 120 valence electrons. The number of carboxylic acid groups (broad SMARTS) is 1. The Kier molecular flexibility index (Phi) is 10.2. The fraction of sp³-hybridized carbons (Fsp3) is 0.312. The highest BCUT2D eigenvalue weighted by Gasteiger charge is 2.17. The summed E-state index contributed by atoms with van der Waals surface area (Å²) in [6.07, 6.45) is 9.81. The molecule has 4 nitrogen and oxygen atoms in total. The van der Waals surface area contributed by atoms with Crippen molar-refractivity contribution in [3.05, 3.63) is 60.2 Å². The lowest BCUT2D eigenvalue weighted by Gasteiger charge is -2.12. The molecule has 2 aromatic rings. The van der Waals surface area contributed by atoms with Gasteiger partial charge >= 0.3 is 5.97 Å². The van der Waals surface area contributed by atoms with Gasteiger partial charge in [0, 0.05) is 24.8 Å². The fourth-order valence-corrected chi connectivity index (χ4v) is 2.17. The van der Waals surface area contributed by atoms with E-state index in [1.165, 1.54) is 0 Å². The number of nitrogens with zero attached hydrogens (tertiary/aromatic N) is 2. The molecule has 2 heterocycles. The van der Waals surface area contributed by atoms with Crippen LogP contribution in [0.15, 0.2) is 49.1 Å². The van der Waals surface area contributed by atoms with Crippen molar-refractivity contribution in [3.8, 4) is 0 Å². The van der Waals surface area contributed by atoms with Crippen molar-refractivity contribution < 1.29 is 9.90 Å². The highest BCUT2D eigenvalue weighted by molar-refractivity contribution is 5.85. The molecule has 0 aromatic carbocycles. The first kappa shape index (κ1) is 20.3. The Hall–Kier alpha value is -1.65. The number of rotatable bonds is 7. The van der Waals surface area contributed by atoms with E-state index in [1.807, 2.05) is 24.3 Å². The van der Waals surface area contributed by atoms with Crippen LogP contribution in [0.3, 0.4) is 0 Å². The van der Waals surface area contributed by atoms with Crippen LogP contribution in [0.5, 0.6) is 0 Å². The Labute approximate surface area is 142 Å². The second-order valence-corrected chi connectivity index (χ2v) is 4.82. The minimum Gasteiger partial charge on any atom is -0.481 e. The maximum absolute atomic E-state index is 11.3. The van der Waals surface area contributed by atoms with Crippen molar-refractivity contribution in [3.63, 3.8) is 0 Å². The van der Waals surface area contributed by atoms with E-state index in [-0.39, 0.29) is 30.7 Å². The molecule has 0 bridgehead atoms. The lowest BCUT2D eigenvalue weighted by Crippen LogP contribution is -2.15. The number of halogens is 2. The van der Waals surface area contributed by atoms with Crippen molar-refractivity contribution in [2.45, 2.75) is 25.7 Å². The standard InChI is InChI=1S/C16H18N2O2.2ClH/c19-16(20)15(3-1-13-5-9-17-10-6-13)4-2-14-7-11-18-12-8-14;;/h5-12,15H,1-4H2,(H,19,20);2*1H. The van der Waals surface area contributed by atoms with Crippen LogP contribution in [-0.2, 0) is 17.6 Å². The molecule has 1 N–H and O–H groups in total. The van der Waals surface area contributed by atoms with Crippen molar-refractivity contribution in [1.29, 1.82) is 0 Å². The molecule has 0 amide bonds. The Morgan fingerprint density at radius 1 is 0.864 bits per heavy atom. The van der Waals surface area contributed by atoms with Crippen LogP contribution in [0.1, 0.15) is 24.0 Å². The summed E-state index contributed by atoms with van der Waals surface area (Å²) in [7, 11) is 0. The molecular formula is C16H20Cl2N2O2. The van der Waals surface area contributed by atoms with Gasteiger partial charge in [-0.05, 0) is 61.1 Å². The summed E-state index contributed by atoms with van der Waals surface area (Å²) in [6.45, 7) is 0. The van der Waals surface area contributed by atoms with E-state index < -0.39 is 5.97 Å². The number of pyridine rings is 2. The molecule has 0 saturated heterocycles. The Morgan fingerprint density at radius 2 is 1.23 bits per heavy atom. The lowest BCUT2D eigenvalue weighted by atomic mass is 9.94. The van der Waals surface area contributed by atoms with Crippen LogP contribution >= 0.6 is 24.8 Å². The second kappa shape index (κ2) is 11.0. The Bertz CT molecular complexity index is 495. The number of aliphatic carboxylic acids is 1. The van der Waals surface area contributed by atoms with Crippen LogP contribution in [0.4, 0.5) is 0 Å². The van der Waals surface area contributed by atoms with E-state index in [2.05, 4.69) is 9.97 Å². The zero-order chi connectivity index (χ0) is 14.2. The average Bonchev–Trinajstić information content (AvgIpc) is 2.49. The van der Waals surface area contributed by atoms with Crippen molar-refractivity contribution in [2.75, 3.05) is 0 Å². The summed E-state index contributed by atoms with van der Waals surface area (Å²) in [6, 6.07) is 7.73. The third-order valence-corrected chi connectivity index (χ3v) is 3.41. The molecule has 0 aliphatic rings. The molecule has 0 atom stereocenters. The molecule has 2 aromatic heterocycles. The van der Waals surface area contributed by atoms with Gasteiger partial charge in [0.25, 0.3) is 0 Å². The molecule has 2 rings (SSSR count). The van der Waals surface area contributed by atoms with Crippen LogP contribution in [-0.4, -0.2) is 21.0 Å². The zero-order valence-corrected chi connectivity index (χ0v) is 13.7. The van der Waals surface area contributed by atoms with Gasteiger partial charge in [0.2, 0.25) is 0 Å². The highest BCUT2D eigenvalue weighted by atomic mass is 35.5. The number of carboxylic acids is 1. The van der Waals surface area contributed by atoms with E-state index in [4.69, 9.17) is 0 Å². The normalized spacial score (nSPS) is 9.68. The van der Waals surface area contributed by atoms with E-state index in [1.54, 1.807) is 24.8 Å². The first-order valence-corrected chi connectivity index (χ1v) is 6.76. The first-order valence-electron chi connectivity index (χ1n) is 6.76. The molecular weight excluding hydrogens is 323 g/mol. The summed E-state index contributed by atoms with van der Waals surface area (Å²) in [5.41, 5.74) is 2.27. The monoisotopic (exact) mass is 342 g/mol. The molecule has 0 spiro atoms. The summed E-state index contributed by atoms with van der Waals surface area (Å²) >= 11 is 0. The smallest absolute Gasteiger partial charge is 0.306 e. The maximum atomic E-state index is 11.3. The van der Waals surface area contributed by atoms with Gasteiger partial charge in [-0.2, -0.15) is 0 Å². The van der Waals surface area contributed by atoms with Crippen LogP contribution < -0.4 is 0 Å². The minimum absolute atomic E-state index is 0. The lowest BCUT2D eigenvalue weighted by molar-refractivity contribution is -0.142. The van der Waals surface area contributed by atoms with Gasteiger partial charge in [-0.25, -0.2) is 0 Å². The average molecular weight is 343 g/mol. The van der Waals surface area contributed by atoms with Crippen LogP contribution in [0.25, 0.3) is 0 Å². The number of hydrogen-bond acceptors (Lipinski definition) is 3. The van der Waals surface area contributed by atoms with E-state index in [0.717, 1.165) is 24.0 Å². The zero-order valence-electron chi connectivity index (χ0n) is 12.1. The molecule has 22 heavy (non-hydrogen) atoms. The Morgan fingerprint density at radius 3 is 1.55 bits per heavy atom. The predicted molar refractivity (Wildman–Crippen MR) is 90.7 cm³/mol. The van der Waals surface area contributed by atoms with Crippen LogP contribution in [0, 0.1) is 5.92 Å². The number of aryl methyl sites for hydroxylation is 2. The van der Waals surface area contributed by atoms with Gasteiger partial charge < -0.3 is 5.11 Å². The van der Waals surface area contributed by atoms with Gasteiger partial charge in [0.05, 0.1) is 5.92 Å². The molecule has 0 aliphatic carbocycles. The van der Waals surface area contributed by atoms with Gasteiger partial charge in [0.15, 0.2) is 0 Å². The molecule has 0 fully saturated rings. The second-order valence-electron chi connectivity index (χ2n) is 4.82. The maximum Gasteiger partial charge on any atom is 0.306 e. The molecule has 0 saturated carbocycles. The molecule has 6 heteroatoms. The summed E-state index contributed by atoms with van der Waals surface area (Å²) in [5.74, 6) is -1.02. The predicted octanol–water partition coefficient (Wildman–Crippen LogP) is 3.59. The third kappa shape index (κ3) is 6.87. The summed E-state index contributed by atoms with van der Waals surface area (Å²) in [4.78, 5) is 19.2. The molecule has 0 unspecified atom stereocenters. The summed E-state index contributed by atoms with van der Waals surface area (Å²) < 4.78 is 0. The van der Waals surface area contributed by atoms with Gasteiger partial charge in [-0.1, -0.05) is 0 Å². The van der Waals surface area contributed by atoms with Crippen molar-refractivity contribution in [2.24, 2.45) is 5.92 Å². The molecule has 0 radical (unpaired) electrons. The summed E-state index contributed by atoms with van der Waals surface area (Å²) in [5, 5.41) is 9.30. The van der Waals surface area contributed by atoms with Crippen LogP contribution in [0.2, 0.25) is 0 Å². The van der Waals surface area contributed by atoms with E-state index in [9.17, 15) is 9.90 Å². The van der Waals surface area contributed by atoms with Gasteiger partial charge in [-0.15, -0.1) is 24.8 Å². The SMILES string of the molecule is Cl.Cl.O=C(O)C(CCc1ccncc1)CCc1ccncc1. The number of hydrogen-bond donors (Lipinski definition) is 1. The van der Waals surface area contributed by atoms with Crippen molar-refractivity contribution >= 4 is 30.8 Å². The highest BCUT2D eigenvalue weighted by Crippen LogP contribution is 2.16. The largest absolute Gasteiger partial charge is 0.481 e. The fourth-order valence-electron chi connectivity index (χ4n) is 2.17. The number of aromatic nitrogens is 2. The first-order chi connectivity index (χ1) is 9.75. The van der Waals surface area contributed by atoms with E-state index >= 15 is 0 Å². The third-order valence-electron chi connectivity index (χ3n) is 3.41. The van der Waals surface area contributed by atoms with Gasteiger partial charge in [-0.3, -0.25) is 14.8 Å². The minimum atomic E-state index is -0.715. The van der Waals surface area contributed by atoms with Gasteiger partial charge in [0.1, 0.15) is 0 Å². The molecule has 0 aliphatic heterocycles. The van der Waals surface area contributed by atoms with E-state index in [0.29, 0.717) is 12.8 Å². The Balaban J connectivity index is 0.00000220. The number of carbonyl (C=O) groups is 1. The quantitative estimate of drug-likeness (QED) is 0.835. The van der Waals surface area contributed by atoms with Crippen molar-refractivity contribution in [1.82, 2.24) is 9.97 Å². The topological polar surface area (TPSA) is 63.1 Å².